The fourth-order valence-corrected chi connectivity index (χ4v) is 2.65. The van der Waals surface area contributed by atoms with Crippen LogP contribution in [0.1, 0.15) is 22.8 Å². The van der Waals surface area contributed by atoms with Crippen LogP contribution in [0.5, 0.6) is 5.75 Å². The van der Waals surface area contributed by atoms with Crippen LogP contribution < -0.4 is 10.1 Å². The van der Waals surface area contributed by atoms with E-state index in [-0.39, 0.29) is 11.8 Å². The molecule has 0 radical (unpaired) electrons. The van der Waals surface area contributed by atoms with Crippen molar-refractivity contribution in [2.24, 2.45) is 0 Å². The van der Waals surface area contributed by atoms with Crippen molar-refractivity contribution < 1.29 is 14.3 Å². The highest BCUT2D eigenvalue weighted by atomic mass is 35.5. The summed E-state index contributed by atoms with van der Waals surface area (Å²) in [6, 6.07) is 13.8. The Hall–Kier alpha value is -2.53. The Morgan fingerprint density at radius 1 is 1.15 bits per heavy atom. The summed E-state index contributed by atoms with van der Waals surface area (Å²) in [6.07, 6.45) is 0. The van der Waals surface area contributed by atoms with Gasteiger partial charge in [0.2, 0.25) is 5.91 Å². The van der Waals surface area contributed by atoms with Crippen molar-refractivity contribution >= 4 is 23.4 Å². The SMILES string of the molecule is Cc1ccccc1OCCN(C)C(=O)[C@H](C)NC(=O)c1ccccc1Cl. The number of para-hydroxylation sites is 1. The fraction of sp³-hybridized carbons (Fsp3) is 0.300. The topological polar surface area (TPSA) is 58.6 Å². The van der Waals surface area contributed by atoms with Gasteiger partial charge in [0.25, 0.3) is 5.91 Å². The van der Waals surface area contributed by atoms with E-state index in [1.165, 1.54) is 4.90 Å². The first-order valence-corrected chi connectivity index (χ1v) is 8.76. The van der Waals surface area contributed by atoms with E-state index in [0.717, 1.165) is 11.3 Å². The number of hydrogen-bond donors (Lipinski definition) is 1. The van der Waals surface area contributed by atoms with Crippen LogP contribution in [0.4, 0.5) is 0 Å². The number of nitrogens with one attached hydrogen (secondary N) is 1. The van der Waals surface area contributed by atoms with Gasteiger partial charge in [-0.15, -0.1) is 0 Å². The molecule has 2 aromatic rings. The molecule has 1 atom stereocenters. The summed E-state index contributed by atoms with van der Waals surface area (Å²) in [7, 11) is 1.68. The van der Waals surface area contributed by atoms with Gasteiger partial charge >= 0.3 is 0 Å². The second kappa shape index (κ2) is 9.25. The molecule has 5 nitrogen and oxygen atoms in total. The van der Waals surface area contributed by atoms with E-state index in [4.69, 9.17) is 16.3 Å². The molecule has 0 unspecified atom stereocenters. The molecule has 0 heterocycles. The van der Waals surface area contributed by atoms with Gasteiger partial charge in [-0.25, -0.2) is 0 Å². The van der Waals surface area contributed by atoms with Crippen molar-refractivity contribution in [1.82, 2.24) is 10.2 Å². The minimum atomic E-state index is -0.665. The molecule has 0 bridgehead atoms. The minimum absolute atomic E-state index is 0.196. The van der Waals surface area contributed by atoms with E-state index in [1.807, 2.05) is 31.2 Å². The average molecular weight is 375 g/mol. The number of ether oxygens (including phenoxy) is 1. The fourth-order valence-electron chi connectivity index (χ4n) is 2.43. The molecule has 0 aliphatic carbocycles. The third kappa shape index (κ3) is 5.23. The average Bonchev–Trinajstić information content (AvgIpc) is 2.62. The van der Waals surface area contributed by atoms with Crippen molar-refractivity contribution in [2.75, 3.05) is 20.2 Å². The monoisotopic (exact) mass is 374 g/mol. The van der Waals surface area contributed by atoms with Crippen molar-refractivity contribution in [1.29, 1.82) is 0 Å². The second-order valence-corrected chi connectivity index (χ2v) is 6.46. The molecule has 138 valence electrons. The quantitative estimate of drug-likeness (QED) is 0.808. The molecular formula is C20H23ClN2O3. The van der Waals surface area contributed by atoms with E-state index in [2.05, 4.69) is 5.32 Å². The van der Waals surface area contributed by atoms with Crippen LogP contribution in [0.15, 0.2) is 48.5 Å². The molecular weight excluding hydrogens is 352 g/mol. The molecule has 6 heteroatoms. The molecule has 0 saturated carbocycles. The summed E-state index contributed by atoms with van der Waals surface area (Å²) >= 11 is 6.01. The van der Waals surface area contributed by atoms with Gasteiger partial charge in [0.05, 0.1) is 17.1 Å². The Morgan fingerprint density at radius 3 is 2.50 bits per heavy atom. The summed E-state index contributed by atoms with van der Waals surface area (Å²) in [5.41, 5.74) is 1.39. The maximum atomic E-state index is 12.4. The highest BCUT2D eigenvalue weighted by molar-refractivity contribution is 6.33. The van der Waals surface area contributed by atoms with E-state index >= 15 is 0 Å². The van der Waals surface area contributed by atoms with E-state index in [9.17, 15) is 9.59 Å². The molecule has 2 amide bonds. The Labute approximate surface area is 158 Å². The van der Waals surface area contributed by atoms with E-state index < -0.39 is 6.04 Å². The van der Waals surface area contributed by atoms with Crippen LogP contribution in [0.2, 0.25) is 5.02 Å². The zero-order valence-electron chi connectivity index (χ0n) is 15.2. The first kappa shape index (κ1) is 19.8. The van der Waals surface area contributed by atoms with Crippen LogP contribution in [0.3, 0.4) is 0 Å². The maximum Gasteiger partial charge on any atom is 0.253 e. The lowest BCUT2D eigenvalue weighted by Crippen LogP contribution is -2.46. The second-order valence-electron chi connectivity index (χ2n) is 6.05. The summed E-state index contributed by atoms with van der Waals surface area (Å²) in [5.74, 6) is 0.230. The Morgan fingerprint density at radius 2 is 1.81 bits per heavy atom. The van der Waals surface area contributed by atoms with Gasteiger partial charge in [-0.1, -0.05) is 41.9 Å². The van der Waals surface area contributed by atoms with Gasteiger partial charge in [0, 0.05) is 7.05 Å². The van der Waals surface area contributed by atoms with Gasteiger partial charge < -0.3 is 15.0 Å². The molecule has 0 spiro atoms. The van der Waals surface area contributed by atoms with Gasteiger partial charge in [-0.3, -0.25) is 9.59 Å². The molecule has 2 rings (SSSR count). The maximum absolute atomic E-state index is 12.4. The van der Waals surface area contributed by atoms with Crippen LogP contribution in [-0.4, -0.2) is 43.0 Å². The predicted molar refractivity (Wildman–Crippen MR) is 103 cm³/mol. The van der Waals surface area contributed by atoms with E-state index in [0.29, 0.717) is 23.7 Å². The molecule has 26 heavy (non-hydrogen) atoms. The zero-order valence-corrected chi connectivity index (χ0v) is 15.9. The normalized spacial score (nSPS) is 11.5. The smallest absolute Gasteiger partial charge is 0.253 e. The van der Waals surface area contributed by atoms with Crippen molar-refractivity contribution in [2.45, 2.75) is 19.9 Å². The Balaban J connectivity index is 1.84. The lowest BCUT2D eigenvalue weighted by molar-refractivity contribution is -0.131. The summed E-state index contributed by atoms with van der Waals surface area (Å²) in [4.78, 5) is 26.2. The van der Waals surface area contributed by atoms with E-state index in [1.54, 1.807) is 38.2 Å². The third-order valence-electron chi connectivity index (χ3n) is 3.99. The third-order valence-corrected chi connectivity index (χ3v) is 4.32. The number of amides is 2. The largest absolute Gasteiger partial charge is 0.491 e. The zero-order chi connectivity index (χ0) is 19.1. The number of rotatable bonds is 7. The standard InChI is InChI=1S/C20H23ClN2O3/c1-14-8-4-7-11-18(14)26-13-12-23(3)20(25)15(2)22-19(24)16-9-5-6-10-17(16)21/h4-11,15H,12-13H2,1-3H3,(H,22,24)/t15-/m0/s1. The number of nitrogens with zero attached hydrogens (tertiary/aromatic N) is 1. The Kier molecular flexibility index (Phi) is 7.04. The molecule has 0 aromatic heterocycles. The highest BCUT2D eigenvalue weighted by Gasteiger charge is 2.21. The number of halogens is 1. The van der Waals surface area contributed by atoms with Crippen LogP contribution in [0.25, 0.3) is 0 Å². The van der Waals surface area contributed by atoms with Crippen LogP contribution >= 0.6 is 11.6 Å². The van der Waals surface area contributed by atoms with Crippen molar-refractivity contribution in [3.63, 3.8) is 0 Å². The lowest BCUT2D eigenvalue weighted by Gasteiger charge is -2.22. The van der Waals surface area contributed by atoms with Crippen molar-refractivity contribution in [3.8, 4) is 5.75 Å². The summed E-state index contributed by atoms with van der Waals surface area (Å²) in [5, 5.41) is 3.03. The molecule has 0 aliphatic rings. The van der Waals surface area contributed by atoms with Gasteiger partial charge in [-0.05, 0) is 37.6 Å². The molecule has 0 saturated heterocycles. The number of carbonyl (C=O) groups excluding carboxylic acids is 2. The van der Waals surface area contributed by atoms with Gasteiger partial charge in [0.1, 0.15) is 18.4 Å². The molecule has 1 N–H and O–H groups in total. The van der Waals surface area contributed by atoms with Crippen LogP contribution in [-0.2, 0) is 4.79 Å². The summed E-state index contributed by atoms with van der Waals surface area (Å²) in [6.45, 7) is 4.41. The number of aryl methyl sites for hydroxylation is 1. The number of hydrogen-bond acceptors (Lipinski definition) is 3. The minimum Gasteiger partial charge on any atom is -0.491 e. The number of likely N-dealkylation sites (N-methyl/N-ethyl adjacent to an activating group) is 1. The summed E-state index contributed by atoms with van der Waals surface area (Å²) < 4.78 is 5.70. The lowest BCUT2D eigenvalue weighted by atomic mass is 10.2. The molecule has 0 aliphatic heterocycles. The van der Waals surface area contributed by atoms with Gasteiger partial charge in [-0.2, -0.15) is 0 Å². The number of carbonyl (C=O) groups is 2. The Bertz CT molecular complexity index is 779. The van der Waals surface area contributed by atoms with Gasteiger partial charge in [0.15, 0.2) is 0 Å². The van der Waals surface area contributed by atoms with Crippen LogP contribution in [0, 0.1) is 6.92 Å². The number of benzene rings is 2. The van der Waals surface area contributed by atoms with Crippen molar-refractivity contribution in [3.05, 3.63) is 64.7 Å². The predicted octanol–water partition coefficient (Wildman–Crippen LogP) is 3.30. The first-order chi connectivity index (χ1) is 12.4. The first-order valence-electron chi connectivity index (χ1n) is 8.39. The molecule has 2 aromatic carbocycles. The molecule has 0 fully saturated rings. The highest BCUT2D eigenvalue weighted by Crippen LogP contribution is 2.16.